The molecule has 2 aromatic rings. The van der Waals surface area contributed by atoms with Crippen molar-refractivity contribution in [1.82, 2.24) is 25.2 Å². The summed E-state index contributed by atoms with van der Waals surface area (Å²) in [4.78, 5) is 20.5. The van der Waals surface area contributed by atoms with Crippen LogP contribution in [0.4, 0.5) is 36.4 Å². The zero-order valence-electron chi connectivity index (χ0n) is 18.6. The molecule has 0 atom stereocenters. The maximum atomic E-state index is 13.7. The van der Waals surface area contributed by atoms with E-state index in [9.17, 15) is 13.2 Å². The van der Waals surface area contributed by atoms with Gasteiger partial charge >= 0.3 is 12.1 Å². The number of anilines is 4. The molecule has 6 N–H and O–H groups in total. The Kier molecular flexibility index (Phi) is 6.88. The summed E-state index contributed by atoms with van der Waals surface area (Å²) in [5.41, 5.74) is 12.6. The molecular formula is C20H28F3N10O+. The molecule has 184 valence electrons. The average Bonchev–Trinajstić information content (AvgIpc) is 2.83. The smallest absolute Gasteiger partial charge is 0.393 e. The SMILES string of the molecule is C=C(N1CCNCC1)N(CC(F)(F)F)c1nc(-c2cnc(N)[nH+]c2)nc(N2CCOCC2)c1N. The van der Waals surface area contributed by atoms with Crippen molar-refractivity contribution in [3.63, 3.8) is 0 Å². The fourth-order valence-electron chi connectivity index (χ4n) is 3.85. The van der Waals surface area contributed by atoms with Gasteiger partial charge in [0.1, 0.15) is 24.2 Å². The lowest BCUT2D eigenvalue weighted by molar-refractivity contribution is -0.363. The fraction of sp³-hybridized carbons (Fsp3) is 0.500. The van der Waals surface area contributed by atoms with Crippen LogP contribution < -0.4 is 31.6 Å². The molecule has 4 heterocycles. The highest BCUT2D eigenvalue weighted by molar-refractivity contribution is 5.80. The van der Waals surface area contributed by atoms with E-state index < -0.39 is 12.7 Å². The van der Waals surface area contributed by atoms with Gasteiger partial charge in [-0.1, -0.05) is 11.6 Å². The lowest BCUT2D eigenvalue weighted by Gasteiger charge is -2.38. The summed E-state index contributed by atoms with van der Waals surface area (Å²) in [6.45, 7) is 6.85. The number of nitrogens with zero attached hydrogens (tertiary/aromatic N) is 6. The minimum absolute atomic E-state index is 0.0403. The van der Waals surface area contributed by atoms with E-state index in [1.807, 2.05) is 4.90 Å². The highest BCUT2D eigenvalue weighted by Gasteiger charge is 2.36. The van der Waals surface area contributed by atoms with E-state index in [0.717, 1.165) is 4.90 Å². The highest BCUT2D eigenvalue weighted by atomic mass is 19.4. The normalized spacial score (nSPS) is 17.0. The number of alkyl halides is 3. The second-order valence-electron chi connectivity index (χ2n) is 7.95. The second kappa shape index (κ2) is 9.85. The summed E-state index contributed by atoms with van der Waals surface area (Å²) in [5, 5.41) is 3.18. The Morgan fingerprint density at radius 2 is 1.88 bits per heavy atom. The predicted octanol–water partition coefficient (Wildman–Crippen LogP) is 0.0988. The van der Waals surface area contributed by atoms with Gasteiger partial charge in [0.2, 0.25) is 0 Å². The topological polar surface area (TPSA) is 136 Å². The lowest BCUT2D eigenvalue weighted by Crippen LogP contribution is -2.48. The molecule has 0 spiro atoms. The van der Waals surface area contributed by atoms with Crippen LogP contribution in [0.25, 0.3) is 11.4 Å². The van der Waals surface area contributed by atoms with Gasteiger partial charge < -0.3 is 30.5 Å². The summed E-state index contributed by atoms with van der Waals surface area (Å²) < 4.78 is 46.6. The number of ether oxygens (including phenoxy) is 1. The predicted molar refractivity (Wildman–Crippen MR) is 121 cm³/mol. The van der Waals surface area contributed by atoms with E-state index >= 15 is 0 Å². The first-order valence-electron chi connectivity index (χ1n) is 10.9. The first-order valence-corrected chi connectivity index (χ1v) is 10.9. The Balaban J connectivity index is 1.83. The zero-order valence-corrected chi connectivity index (χ0v) is 18.6. The third kappa shape index (κ3) is 5.39. The molecule has 2 aliphatic heterocycles. The summed E-state index contributed by atoms with van der Waals surface area (Å²) in [7, 11) is 0. The summed E-state index contributed by atoms with van der Waals surface area (Å²) in [5.74, 6) is 0.781. The van der Waals surface area contributed by atoms with Crippen LogP contribution in [0, 0.1) is 0 Å². The number of morpholine rings is 1. The molecule has 0 aromatic carbocycles. The standard InChI is InChI=1S/C20H27F3N10O/c1-13(31-4-2-26-3-5-31)33(12-20(21,22)23)18-15(24)17(32-6-8-34-9-7-32)29-16(30-18)14-10-27-19(25)28-11-14/h10-11,26H,1-9,12,24H2,(H2,25,27,28)/p+1. The van der Waals surface area contributed by atoms with Gasteiger partial charge in [0.25, 0.3) is 0 Å². The van der Waals surface area contributed by atoms with Gasteiger partial charge in [-0.05, 0) is 0 Å². The number of aromatic amines is 1. The summed E-state index contributed by atoms with van der Waals surface area (Å²) in [6.07, 6.45) is -1.53. The Morgan fingerprint density at radius 1 is 1.18 bits per heavy atom. The van der Waals surface area contributed by atoms with E-state index in [-0.39, 0.29) is 29.1 Å². The van der Waals surface area contributed by atoms with Gasteiger partial charge in [-0.3, -0.25) is 5.73 Å². The molecule has 2 saturated heterocycles. The van der Waals surface area contributed by atoms with Crippen molar-refractivity contribution in [3.8, 4) is 11.4 Å². The summed E-state index contributed by atoms with van der Waals surface area (Å²) >= 11 is 0. The molecule has 2 fully saturated rings. The Bertz CT molecular complexity index is 1000. The molecule has 2 aromatic heterocycles. The van der Waals surface area contributed by atoms with Crippen LogP contribution in [-0.2, 0) is 4.74 Å². The number of aromatic nitrogens is 4. The van der Waals surface area contributed by atoms with Crippen LogP contribution in [0.2, 0.25) is 0 Å². The van der Waals surface area contributed by atoms with Crippen molar-refractivity contribution in [3.05, 3.63) is 24.8 Å². The zero-order chi connectivity index (χ0) is 24.3. The van der Waals surface area contributed by atoms with E-state index in [1.54, 1.807) is 11.1 Å². The molecular weight excluding hydrogens is 453 g/mol. The van der Waals surface area contributed by atoms with Crippen molar-refractivity contribution in [2.24, 2.45) is 0 Å². The van der Waals surface area contributed by atoms with Crippen molar-refractivity contribution in [1.29, 1.82) is 0 Å². The average molecular weight is 482 g/mol. The third-order valence-corrected chi connectivity index (χ3v) is 5.58. The number of hydrogen-bond acceptors (Lipinski definition) is 10. The number of nitrogens with two attached hydrogens (primary N) is 2. The molecule has 4 rings (SSSR count). The van der Waals surface area contributed by atoms with E-state index in [0.29, 0.717) is 63.9 Å². The maximum Gasteiger partial charge on any atom is 0.406 e. The Labute approximate surface area is 194 Å². The molecule has 11 nitrogen and oxygen atoms in total. The fourth-order valence-corrected chi connectivity index (χ4v) is 3.85. The van der Waals surface area contributed by atoms with E-state index in [1.165, 1.54) is 6.20 Å². The van der Waals surface area contributed by atoms with Gasteiger partial charge in [-0.2, -0.15) is 13.2 Å². The van der Waals surface area contributed by atoms with Crippen molar-refractivity contribution >= 4 is 23.3 Å². The number of nitrogen functional groups attached to an aromatic ring is 2. The Hall–Kier alpha value is -3.39. The number of piperazine rings is 1. The van der Waals surface area contributed by atoms with Crippen molar-refractivity contribution < 1.29 is 22.9 Å². The molecule has 0 saturated carbocycles. The molecule has 0 radical (unpaired) electrons. The number of halogens is 3. The minimum Gasteiger partial charge on any atom is -0.393 e. The van der Waals surface area contributed by atoms with E-state index in [2.05, 4.69) is 31.8 Å². The van der Waals surface area contributed by atoms with Crippen LogP contribution in [-0.4, -0.2) is 85.1 Å². The largest absolute Gasteiger partial charge is 0.406 e. The molecule has 0 bridgehead atoms. The second-order valence-corrected chi connectivity index (χ2v) is 7.95. The van der Waals surface area contributed by atoms with Crippen molar-refractivity contribution in [2.75, 3.05) is 80.3 Å². The number of hydrogen-bond donors (Lipinski definition) is 3. The first-order chi connectivity index (χ1) is 16.2. The number of H-pyrrole nitrogens is 1. The highest BCUT2D eigenvalue weighted by Crippen LogP contribution is 2.36. The van der Waals surface area contributed by atoms with Gasteiger partial charge in [0.05, 0.1) is 25.0 Å². The monoisotopic (exact) mass is 481 g/mol. The molecule has 2 aliphatic rings. The maximum absolute atomic E-state index is 13.7. The summed E-state index contributed by atoms with van der Waals surface area (Å²) in [6, 6.07) is 0. The van der Waals surface area contributed by atoms with Crippen LogP contribution in [0.1, 0.15) is 0 Å². The Morgan fingerprint density at radius 3 is 2.50 bits per heavy atom. The van der Waals surface area contributed by atoms with Crippen molar-refractivity contribution in [2.45, 2.75) is 6.18 Å². The first kappa shape index (κ1) is 23.8. The van der Waals surface area contributed by atoms with Crippen LogP contribution in [0.5, 0.6) is 0 Å². The van der Waals surface area contributed by atoms with Crippen LogP contribution in [0.15, 0.2) is 24.8 Å². The molecule has 14 heteroatoms. The van der Waals surface area contributed by atoms with Crippen LogP contribution >= 0.6 is 0 Å². The third-order valence-electron chi connectivity index (χ3n) is 5.58. The number of nitrogens with one attached hydrogen (secondary N) is 2. The molecule has 0 unspecified atom stereocenters. The quantitative estimate of drug-likeness (QED) is 0.521. The van der Waals surface area contributed by atoms with Gasteiger partial charge in [-0.25, -0.2) is 15.0 Å². The van der Waals surface area contributed by atoms with E-state index in [4.69, 9.17) is 16.2 Å². The minimum atomic E-state index is -4.52. The lowest BCUT2D eigenvalue weighted by atomic mass is 10.2. The molecule has 0 aliphatic carbocycles. The number of rotatable bonds is 6. The van der Waals surface area contributed by atoms with Gasteiger partial charge in [0.15, 0.2) is 17.5 Å². The van der Waals surface area contributed by atoms with Crippen LogP contribution in [0.3, 0.4) is 0 Å². The molecule has 34 heavy (non-hydrogen) atoms. The van der Waals surface area contributed by atoms with Gasteiger partial charge in [0, 0.05) is 39.3 Å². The van der Waals surface area contributed by atoms with Gasteiger partial charge in [-0.15, -0.1) is 0 Å². The molecule has 0 amide bonds.